The summed E-state index contributed by atoms with van der Waals surface area (Å²) in [4.78, 5) is 40.4. The smallest absolute Gasteiger partial charge is 0.317 e. The van der Waals surface area contributed by atoms with Gasteiger partial charge in [0.2, 0.25) is 0 Å². The van der Waals surface area contributed by atoms with Crippen LogP contribution < -0.4 is 4.87 Å². The Morgan fingerprint density at radius 2 is 1.81 bits per heavy atom. The molecule has 0 spiro atoms. The molecule has 3 fully saturated rings. The number of hydrogen-bond acceptors (Lipinski definition) is 7. The summed E-state index contributed by atoms with van der Waals surface area (Å²) in [6, 6.07) is 7.20. The molecule has 7 atom stereocenters. The molecule has 8 heteroatoms. The number of esters is 2. The Labute approximate surface area is 161 Å². The molecule has 4 aliphatic rings. The van der Waals surface area contributed by atoms with Crippen LogP contribution in [0.15, 0.2) is 34.1 Å². The van der Waals surface area contributed by atoms with Crippen LogP contribution in [0.3, 0.4) is 0 Å². The second-order valence-corrected chi connectivity index (χ2v) is 9.96. The van der Waals surface area contributed by atoms with Gasteiger partial charge in [0.1, 0.15) is 5.75 Å². The van der Waals surface area contributed by atoms with Crippen molar-refractivity contribution >= 4 is 35.0 Å². The maximum absolute atomic E-state index is 12.3. The maximum atomic E-state index is 12.3. The lowest BCUT2D eigenvalue weighted by molar-refractivity contribution is -0.154. The van der Waals surface area contributed by atoms with Crippen LogP contribution in [0.1, 0.15) is 22.8 Å². The standard InChI is InChI=1S/C19H15NO5S2/c21-9-4-2-1-3-6(9)10-11-7-5-8(13-12(7)17(22)25-18(13)23)14(11)26-16-15(10)27-19(24)20-16/h1-4,7-8,10-14,21H,5H2,(H,20,24)/t7-,8+,10+,11+,12+,13-,14-/m0/s1. The lowest BCUT2D eigenvalue weighted by atomic mass is 9.68. The molecule has 27 heavy (non-hydrogen) atoms. The van der Waals surface area contributed by atoms with E-state index >= 15 is 0 Å². The molecule has 0 radical (unpaired) electrons. The molecular formula is C19H15NO5S2. The third-order valence-electron chi connectivity index (χ3n) is 6.73. The van der Waals surface area contributed by atoms with E-state index in [2.05, 4.69) is 4.98 Å². The molecule has 2 bridgehead atoms. The van der Waals surface area contributed by atoms with Gasteiger partial charge in [-0.1, -0.05) is 29.5 Å². The van der Waals surface area contributed by atoms with Gasteiger partial charge in [0, 0.05) is 21.6 Å². The predicted octanol–water partition coefficient (Wildman–Crippen LogP) is 2.33. The van der Waals surface area contributed by atoms with Gasteiger partial charge >= 0.3 is 16.8 Å². The van der Waals surface area contributed by atoms with Crippen LogP contribution in [-0.2, 0) is 14.3 Å². The first-order valence-electron chi connectivity index (χ1n) is 8.97. The summed E-state index contributed by atoms with van der Waals surface area (Å²) >= 11 is 2.80. The van der Waals surface area contributed by atoms with Gasteiger partial charge in [0.25, 0.3) is 0 Å². The number of aromatic hydroxyl groups is 1. The minimum absolute atomic E-state index is 0.0337. The third kappa shape index (κ3) is 1.95. The van der Waals surface area contributed by atoms with Gasteiger partial charge in [-0.15, -0.1) is 11.8 Å². The summed E-state index contributed by atoms with van der Waals surface area (Å²) in [6.07, 6.45) is 0.821. The molecule has 2 saturated carbocycles. The number of benzene rings is 1. The molecule has 6 nitrogen and oxygen atoms in total. The average molecular weight is 401 g/mol. The molecule has 6 rings (SSSR count). The second kappa shape index (κ2) is 5.26. The molecule has 2 aliphatic heterocycles. The fraction of sp³-hybridized carbons (Fsp3) is 0.421. The van der Waals surface area contributed by atoms with E-state index in [9.17, 15) is 19.5 Å². The van der Waals surface area contributed by atoms with E-state index in [1.807, 2.05) is 12.1 Å². The molecule has 1 aromatic heterocycles. The number of ether oxygens (including phenoxy) is 1. The van der Waals surface area contributed by atoms with Gasteiger partial charge in [0.05, 0.1) is 16.9 Å². The largest absolute Gasteiger partial charge is 0.508 e. The topological polar surface area (TPSA) is 96.5 Å². The zero-order chi connectivity index (χ0) is 18.4. The quantitative estimate of drug-likeness (QED) is 0.562. The molecule has 138 valence electrons. The summed E-state index contributed by atoms with van der Waals surface area (Å²) in [5.74, 6) is -1.29. The van der Waals surface area contributed by atoms with Crippen LogP contribution in [0.25, 0.3) is 0 Å². The van der Waals surface area contributed by atoms with E-state index < -0.39 is 5.97 Å². The summed E-state index contributed by atoms with van der Waals surface area (Å²) in [6.45, 7) is 0. The van der Waals surface area contributed by atoms with Crippen LogP contribution >= 0.6 is 23.1 Å². The normalized spacial score (nSPS) is 38.4. The molecule has 0 amide bonds. The van der Waals surface area contributed by atoms with Crippen molar-refractivity contribution in [2.75, 3.05) is 0 Å². The van der Waals surface area contributed by atoms with Crippen LogP contribution in [0.2, 0.25) is 0 Å². The number of aromatic amines is 1. The highest BCUT2D eigenvalue weighted by molar-refractivity contribution is 8.00. The van der Waals surface area contributed by atoms with E-state index in [1.165, 1.54) is 11.3 Å². The molecule has 2 aliphatic carbocycles. The second-order valence-electron chi connectivity index (χ2n) is 7.76. The number of carbonyl (C=O) groups is 2. The lowest BCUT2D eigenvalue weighted by Crippen LogP contribution is -2.42. The highest BCUT2D eigenvalue weighted by Gasteiger charge is 2.69. The molecule has 0 unspecified atom stereocenters. The van der Waals surface area contributed by atoms with Gasteiger partial charge in [-0.3, -0.25) is 14.4 Å². The van der Waals surface area contributed by atoms with Crippen LogP contribution in [0.5, 0.6) is 5.75 Å². The van der Waals surface area contributed by atoms with Gasteiger partial charge in [-0.2, -0.15) is 0 Å². The Hall–Kier alpha value is -2.06. The highest BCUT2D eigenvalue weighted by Crippen LogP contribution is 2.68. The lowest BCUT2D eigenvalue weighted by Gasteiger charge is -2.42. The van der Waals surface area contributed by atoms with Crippen molar-refractivity contribution < 1.29 is 19.4 Å². The molecule has 1 saturated heterocycles. The Kier molecular flexibility index (Phi) is 3.11. The molecule has 2 N–H and O–H groups in total. The molecule has 2 aromatic rings. The number of phenolic OH excluding ortho intramolecular Hbond substituents is 1. The molecular weight excluding hydrogens is 386 g/mol. The monoisotopic (exact) mass is 401 g/mol. The Morgan fingerprint density at radius 3 is 2.59 bits per heavy atom. The van der Waals surface area contributed by atoms with Crippen molar-refractivity contribution in [2.45, 2.75) is 22.6 Å². The van der Waals surface area contributed by atoms with Gasteiger partial charge in [0.15, 0.2) is 0 Å². The number of nitrogens with one attached hydrogen (secondary N) is 1. The number of phenols is 1. The number of carbonyl (C=O) groups excluding carboxylic acids is 2. The van der Waals surface area contributed by atoms with Crippen LogP contribution in [0.4, 0.5) is 0 Å². The van der Waals surface area contributed by atoms with E-state index in [-0.39, 0.29) is 57.3 Å². The van der Waals surface area contributed by atoms with Gasteiger partial charge in [-0.05, 0) is 30.2 Å². The molecule has 3 heterocycles. The van der Waals surface area contributed by atoms with E-state index in [0.717, 1.165) is 21.9 Å². The number of H-pyrrole nitrogens is 1. The summed E-state index contributed by atoms with van der Waals surface area (Å²) in [5, 5.41) is 11.5. The SMILES string of the molecule is O=C1OC(=O)[C@H]2[C@H]3C[C@H]([C@@H]12)[C@@H]1[C@@H](c2ccccc2O)c2sc(=O)[nH]c2S[C@@H]31. The Morgan fingerprint density at radius 1 is 1.07 bits per heavy atom. The number of para-hydroxylation sites is 1. The van der Waals surface area contributed by atoms with E-state index in [1.54, 1.807) is 23.9 Å². The number of hydrogen-bond donors (Lipinski definition) is 2. The average Bonchev–Trinajstić information content (AvgIpc) is 3.35. The number of rotatable bonds is 1. The van der Waals surface area contributed by atoms with Crippen molar-refractivity contribution in [3.05, 3.63) is 44.4 Å². The molecule has 1 aromatic carbocycles. The predicted molar refractivity (Wildman–Crippen MR) is 97.7 cm³/mol. The first-order chi connectivity index (χ1) is 13.0. The number of fused-ring (bicyclic) bond motifs is 9. The van der Waals surface area contributed by atoms with Crippen LogP contribution in [-0.4, -0.2) is 27.3 Å². The van der Waals surface area contributed by atoms with Crippen molar-refractivity contribution in [1.29, 1.82) is 0 Å². The fourth-order valence-corrected chi connectivity index (χ4v) is 8.79. The van der Waals surface area contributed by atoms with Gasteiger partial charge < -0.3 is 14.8 Å². The Balaban J connectivity index is 1.55. The first kappa shape index (κ1) is 15.9. The number of thioether (sulfide) groups is 1. The third-order valence-corrected chi connectivity index (χ3v) is 9.32. The number of aromatic nitrogens is 1. The number of cyclic esters (lactones) is 2. The zero-order valence-corrected chi connectivity index (χ0v) is 15.6. The highest BCUT2D eigenvalue weighted by atomic mass is 32.2. The minimum atomic E-state index is -0.398. The van der Waals surface area contributed by atoms with E-state index in [0.29, 0.717) is 0 Å². The van der Waals surface area contributed by atoms with Gasteiger partial charge in [-0.25, -0.2) is 0 Å². The first-order valence-corrected chi connectivity index (χ1v) is 10.7. The maximum Gasteiger partial charge on any atom is 0.317 e. The van der Waals surface area contributed by atoms with Crippen molar-refractivity contribution in [3.8, 4) is 5.75 Å². The zero-order valence-electron chi connectivity index (χ0n) is 14.0. The summed E-state index contributed by atoms with van der Waals surface area (Å²) < 4.78 is 4.97. The van der Waals surface area contributed by atoms with Crippen molar-refractivity contribution in [1.82, 2.24) is 4.98 Å². The summed E-state index contributed by atoms with van der Waals surface area (Å²) in [5.41, 5.74) is 0.783. The van der Waals surface area contributed by atoms with Crippen molar-refractivity contribution in [2.24, 2.45) is 29.6 Å². The summed E-state index contributed by atoms with van der Waals surface area (Å²) in [7, 11) is 0. The fourth-order valence-electron chi connectivity index (χ4n) is 5.91. The number of thiazole rings is 1. The van der Waals surface area contributed by atoms with Crippen molar-refractivity contribution in [3.63, 3.8) is 0 Å². The minimum Gasteiger partial charge on any atom is -0.508 e. The van der Waals surface area contributed by atoms with Crippen LogP contribution in [0, 0.1) is 29.6 Å². The van der Waals surface area contributed by atoms with E-state index in [4.69, 9.17) is 4.74 Å². The Bertz CT molecular complexity index is 1060.